The lowest BCUT2D eigenvalue weighted by Crippen LogP contribution is -2.36. The summed E-state index contributed by atoms with van der Waals surface area (Å²) in [4.78, 5) is 21.5. The first-order chi connectivity index (χ1) is 11.2. The van der Waals surface area contributed by atoms with E-state index >= 15 is 0 Å². The minimum absolute atomic E-state index is 0.206. The molecule has 23 heavy (non-hydrogen) atoms. The Morgan fingerprint density at radius 2 is 2.09 bits per heavy atom. The molecule has 3 heterocycles. The monoisotopic (exact) mass is 309 g/mol. The second kappa shape index (κ2) is 4.98. The average molecular weight is 309 g/mol. The topological polar surface area (TPSA) is 84.8 Å². The molecule has 2 N–H and O–H groups in total. The number of pyridine rings is 2. The Labute approximate surface area is 134 Å². The first kappa shape index (κ1) is 14.1. The molecule has 1 aliphatic carbocycles. The molecule has 2 aromatic heterocycles. The van der Waals surface area contributed by atoms with Crippen molar-refractivity contribution < 1.29 is 0 Å². The van der Waals surface area contributed by atoms with Crippen molar-refractivity contribution >= 4 is 22.4 Å². The molecule has 0 aromatic carbocycles. The third kappa shape index (κ3) is 2.24. The van der Waals surface area contributed by atoms with Crippen molar-refractivity contribution in [1.82, 2.24) is 9.97 Å². The van der Waals surface area contributed by atoms with E-state index in [1.165, 1.54) is 12.8 Å². The van der Waals surface area contributed by atoms with Crippen molar-refractivity contribution in [3.05, 3.63) is 28.2 Å². The fraction of sp³-hybridized carbons (Fsp3) is 0.471. The number of aromatic amines is 1. The Balaban J connectivity index is 1.88. The third-order valence-corrected chi connectivity index (χ3v) is 5.34. The van der Waals surface area contributed by atoms with Gasteiger partial charge in [0.15, 0.2) is 0 Å². The van der Waals surface area contributed by atoms with Crippen molar-refractivity contribution in [2.45, 2.75) is 25.7 Å². The second-order valence-corrected chi connectivity index (χ2v) is 6.64. The molecule has 0 bridgehead atoms. The van der Waals surface area contributed by atoms with Crippen molar-refractivity contribution in [1.29, 1.82) is 5.26 Å². The van der Waals surface area contributed by atoms with Gasteiger partial charge in [-0.1, -0.05) is 0 Å². The number of nitrogens with zero attached hydrogens (tertiary/aromatic N) is 3. The molecule has 1 aliphatic heterocycles. The summed E-state index contributed by atoms with van der Waals surface area (Å²) < 4.78 is 0. The van der Waals surface area contributed by atoms with Crippen molar-refractivity contribution in [2.75, 3.05) is 30.4 Å². The van der Waals surface area contributed by atoms with Crippen LogP contribution in [0.25, 0.3) is 10.9 Å². The Bertz CT molecular complexity index is 865. The van der Waals surface area contributed by atoms with Gasteiger partial charge in [0.05, 0.1) is 17.4 Å². The molecule has 0 radical (unpaired) electrons. The number of hydrogen-bond acceptors (Lipinski definition) is 5. The van der Waals surface area contributed by atoms with Crippen molar-refractivity contribution in [2.24, 2.45) is 5.41 Å². The van der Waals surface area contributed by atoms with Crippen LogP contribution >= 0.6 is 0 Å². The van der Waals surface area contributed by atoms with Gasteiger partial charge in [-0.25, -0.2) is 4.98 Å². The molecular weight excluding hydrogens is 290 g/mol. The standard InChI is InChI=1S/C17H19N5O/c1-19-14-8-11-13(10-20-14)21-16(23)12(9-18)15(11)22-6-4-17(2-3-17)5-7-22/h8,10H,2-7H2,1H3,(H,19,20)(H,21,23). The smallest absolute Gasteiger partial charge is 0.268 e. The van der Waals surface area contributed by atoms with Crippen LogP contribution < -0.4 is 15.8 Å². The lowest BCUT2D eigenvalue weighted by molar-refractivity contribution is 0.385. The van der Waals surface area contributed by atoms with Crippen LogP contribution in [-0.2, 0) is 0 Å². The number of fused-ring (bicyclic) bond motifs is 1. The molecule has 1 saturated heterocycles. The zero-order valence-electron chi connectivity index (χ0n) is 13.1. The molecule has 118 valence electrons. The molecule has 0 amide bonds. The maximum Gasteiger partial charge on any atom is 0.268 e. The van der Waals surface area contributed by atoms with Crippen LogP contribution in [0.15, 0.2) is 17.1 Å². The molecule has 2 aromatic rings. The fourth-order valence-electron chi connectivity index (χ4n) is 3.63. The van der Waals surface area contributed by atoms with Crippen LogP contribution in [-0.4, -0.2) is 30.1 Å². The number of aromatic nitrogens is 2. The molecule has 6 heteroatoms. The minimum Gasteiger partial charge on any atom is -0.373 e. The molecule has 4 rings (SSSR count). The highest BCUT2D eigenvalue weighted by molar-refractivity contribution is 5.95. The van der Waals surface area contributed by atoms with Gasteiger partial charge in [0.1, 0.15) is 17.5 Å². The van der Waals surface area contributed by atoms with Crippen molar-refractivity contribution in [3.63, 3.8) is 0 Å². The van der Waals surface area contributed by atoms with Crippen LogP contribution in [0.1, 0.15) is 31.2 Å². The number of H-pyrrole nitrogens is 1. The molecule has 1 saturated carbocycles. The predicted octanol–water partition coefficient (Wildman–Crippen LogP) is 2.22. The van der Waals surface area contributed by atoms with Crippen LogP contribution in [0.4, 0.5) is 11.5 Å². The van der Waals surface area contributed by atoms with E-state index < -0.39 is 0 Å². The number of hydrogen-bond donors (Lipinski definition) is 2. The predicted molar refractivity (Wildman–Crippen MR) is 89.7 cm³/mol. The Kier molecular flexibility index (Phi) is 3.05. The van der Waals surface area contributed by atoms with E-state index in [1.54, 1.807) is 6.20 Å². The van der Waals surface area contributed by atoms with E-state index in [9.17, 15) is 10.1 Å². The lowest BCUT2D eigenvalue weighted by atomic mass is 9.92. The van der Waals surface area contributed by atoms with Crippen LogP contribution in [0.5, 0.6) is 0 Å². The van der Waals surface area contributed by atoms with Gasteiger partial charge in [-0.2, -0.15) is 5.26 Å². The number of nitrogens with one attached hydrogen (secondary N) is 2. The first-order valence-electron chi connectivity index (χ1n) is 8.05. The Morgan fingerprint density at radius 3 is 2.70 bits per heavy atom. The summed E-state index contributed by atoms with van der Waals surface area (Å²) in [5, 5.41) is 13.4. The molecule has 0 unspecified atom stereocenters. The Morgan fingerprint density at radius 1 is 1.35 bits per heavy atom. The highest BCUT2D eigenvalue weighted by Gasteiger charge is 2.44. The molecule has 2 aliphatic rings. The summed E-state index contributed by atoms with van der Waals surface area (Å²) >= 11 is 0. The molecule has 0 atom stereocenters. The lowest BCUT2D eigenvalue weighted by Gasteiger charge is -2.34. The molecule has 2 fully saturated rings. The quantitative estimate of drug-likeness (QED) is 0.888. The molecular formula is C17H19N5O. The Hall–Kier alpha value is -2.55. The van der Waals surface area contributed by atoms with Gasteiger partial charge in [-0.15, -0.1) is 0 Å². The highest BCUT2D eigenvalue weighted by atomic mass is 16.1. The minimum atomic E-state index is -0.333. The SMILES string of the molecule is CNc1cc2c(N3CCC4(CC3)CC4)c(C#N)c(=O)[nH]c2cn1. The number of anilines is 2. The van der Waals surface area contributed by atoms with Crippen LogP contribution in [0.2, 0.25) is 0 Å². The highest BCUT2D eigenvalue weighted by Crippen LogP contribution is 2.54. The number of piperidine rings is 1. The summed E-state index contributed by atoms with van der Waals surface area (Å²) in [6, 6.07) is 4.01. The average Bonchev–Trinajstić information content (AvgIpc) is 3.33. The summed E-state index contributed by atoms with van der Waals surface area (Å²) in [6.07, 6.45) is 6.61. The largest absolute Gasteiger partial charge is 0.373 e. The summed E-state index contributed by atoms with van der Waals surface area (Å²) in [6.45, 7) is 1.81. The van der Waals surface area contributed by atoms with Gasteiger partial charge in [0.25, 0.3) is 5.56 Å². The third-order valence-electron chi connectivity index (χ3n) is 5.34. The summed E-state index contributed by atoms with van der Waals surface area (Å²) in [7, 11) is 1.81. The van der Waals surface area contributed by atoms with Gasteiger partial charge in [0, 0.05) is 25.5 Å². The van der Waals surface area contributed by atoms with E-state index in [4.69, 9.17) is 0 Å². The molecule has 1 spiro atoms. The maximum atomic E-state index is 12.3. The van der Waals surface area contributed by atoms with Crippen molar-refractivity contribution in [3.8, 4) is 6.07 Å². The van der Waals surface area contributed by atoms with Gasteiger partial charge in [-0.3, -0.25) is 4.79 Å². The first-order valence-corrected chi connectivity index (χ1v) is 8.05. The van der Waals surface area contributed by atoms with Gasteiger partial charge < -0.3 is 15.2 Å². The van der Waals surface area contributed by atoms with E-state index in [-0.39, 0.29) is 11.1 Å². The number of rotatable bonds is 2. The van der Waals surface area contributed by atoms with E-state index in [2.05, 4.69) is 26.3 Å². The maximum absolute atomic E-state index is 12.3. The van der Waals surface area contributed by atoms with Gasteiger partial charge >= 0.3 is 0 Å². The van der Waals surface area contributed by atoms with Gasteiger partial charge in [0.2, 0.25) is 0 Å². The van der Waals surface area contributed by atoms with E-state index in [0.717, 1.165) is 42.8 Å². The fourth-order valence-corrected chi connectivity index (χ4v) is 3.63. The number of nitriles is 1. The summed E-state index contributed by atoms with van der Waals surface area (Å²) in [5.41, 5.74) is 1.87. The molecule has 6 nitrogen and oxygen atoms in total. The zero-order valence-corrected chi connectivity index (χ0v) is 13.1. The second-order valence-electron chi connectivity index (χ2n) is 6.64. The van der Waals surface area contributed by atoms with Crippen LogP contribution in [0, 0.1) is 16.7 Å². The van der Waals surface area contributed by atoms with Crippen LogP contribution in [0.3, 0.4) is 0 Å². The van der Waals surface area contributed by atoms with E-state index in [1.807, 2.05) is 13.1 Å². The normalized spacial score (nSPS) is 18.9. The van der Waals surface area contributed by atoms with Gasteiger partial charge in [-0.05, 0) is 37.2 Å². The summed E-state index contributed by atoms with van der Waals surface area (Å²) in [5.74, 6) is 0.727. The van der Waals surface area contributed by atoms with E-state index in [0.29, 0.717) is 10.9 Å². The zero-order chi connectivity index (χ0) is 16.0.